The van der Waals surface area contributed by atoms with E-state index in [9.17, 15) is 13.2 Å². The Morgan fingerprint density at radius 3 is 1.85 bits per heavy atom. The molecule has 6 heteroatoms. The second-order valence-corrected chi connectivity index (χ2v) is 9.36. The lowest BCUT2D eigenvalue weighted by Crippen LogP contribution is -2.36. The number of hydrogen-bond donors (Lipinski definition) is 2. The number of nitrogens with one attached hydrogen (secondary N) is 2. The number of carbonyl (C=O) groups excluding carboxylic acids is 1. The molecule has 2 fully saturated rings. The van der Waals surface area contributed by atoms with Gasteiger partial charge in [0.2, 0.25) is 10.0 Å². The van der Waals surface area contributed by atoms with Crippen LogP contribution in [0.2, 0.25) is 0 Å². The van der Waals surface area contributed by atoms with Crippen molar-refractivity contribution in [2.45, 2.75) is 87.6 Å². The highest BCUT2D eigenvalue weighted by atomic mass is 32.2. The van der Waals surface area contributed by atoms with Crippen LogP contribution in [0.15, 0.2) is 29.2 Å². The molecule has 1 aromatic carbocycles. The maximum Gasteiger partial charge on any atom is 0.251 e. The standard InChI is InChI=1S/C20H30N2O3S/c23-20(21-17-8-6-3-7-9-17)16-12-14-19(15-13-16)26(24,25)22-18-10-4-1-2-5-11-18/h12-15,17-18,22H,1-11H2,(H,21,23). The first-order valence-electron chi connectivity index (χ1n) is 9.98. The van der Waals surface area contributed by atoms with Gasteiger partial charge in [-0.3, -0.25) is 4.79 Å². The molecule has 26 heavy (non-hydrogen) atoms. The molecule has 2 aliphatic carbocycles. The zero-order valence-electron chi connectivity index (χ0n) is 15.4. The molecule has 5 nitrogen and oxygen atoms in total. The van der Waals surface area contributed by atoms with Gasteiger partial charge in [0.15, 0.2) is 0 Å². The third-order valence-corrected chi connectivity index (χ3v) is 7.08. The van der Waals surface area contributed by atoms with E-state index in [4.69, 9.17) is 0 Å². The van der Waals surface area contributed by atoms with Crippen molar-refractivity contribution in [2.24, 2.45) is 0 Å². The Morgan fingerprint density at radius 1 is 0.769 bits per heavy atom. The van der Waals surface area contributed by atoms with Crippen molar-refractivity contribution in [3.63, 3.8) is 0 Å². The summed E-state index contributed by atoms with van der Waals surface area (Å²) in [6.45, 7) is 0. The number of hydrogen-bond acceptors (Lipinski definition) is 3. The molecule has 144 valence electrons. The molecule has 0 atom stereocenters. The third-order valence-electron chi connectivity index (χ3n) is 5.54. The third kappa shape index (κ3) is 5.30. The molecule has 1 aromatic rings. The maximum absolute atomic E-state index is 12.6. The van der Waals surface area contributed by atoms with Crippen molar-refractivity contribution < 1.29 is 13.2 Å². The van der Waals surface area contributed by atoms with E-state index >= 15 is 0 Å². The molecular formula is C20H30N2O3S. The molecule has 0 saturated heterocycles. The van der Waals surface area contributed by atoms with E-state index < -0.39 is 10.0 Å². The van der Waals surface area contributed by atoms with Crippen molar-refractivity contribution in [1.82, 2.24) is 10.0 Å². The first-order valence-corrected chi connectivity index (χ1v) is 11.5. The molecule has 3 rings (SSSR count). The highest BCUT2D eigenvalue weighted by Crippen LogP contribution is 2.21. The van der Waals surface area contributed by atoms with Crippen LogP contribution < -0.4 is 10.0 Å². The fourth-order valence-electron chi connectivity index (χ4n) is 3.99. The summed E-state index contributed by atoms with van der Waals surface area (Å²) in [6.07, 6.45) is 12.0. The van der Waals surface area contributed by atoms with Gasteiger partial charge >= 0.3 is 0 Å². The Balaban J connectivity index is 1.61. The van der Waals surface area contributed by atoms with E-state index in [2.05, 4.69) is 10.0 Å². The maximum atomic E-state index is 12.6. The largest absolute Gasteiger partial charge is 0.349 e. The quantitative estimate of drug-likeness (QED) is 0.766. The summed E-state index contributed by atoms with van der Waals surface area (Å²) in [4.78, 5) is 12.6. The van der Waals surface area contributed by atoms with Gasteiger partial charge < -0.3 is 5.32 Å². The van der Waals surface area contributed by atoms with Gasteiger partial charge in [0, 0.05) is 17.6 Å². The highest BCUT2D eigenvalue weighted by molar-refractivity contribution is 7.89. The predicted octanol–water partition coefficient (Wildman–Crippen LogP) is 3.75. The number of amides is 1. The number of rotatable bonds is 5. The molecule has 0 heterocycles. The number of benzene rings is 1. The van der Waals surface area contributed by atoms with Crippen LogP contribution in [0.25, 0.3) is 0 Å². The molecule has 2 saturated carbocycles. The summed E-state index contributed by atoms with van der Waals surface area (Å²) in [5.41, 5.74) is 0.518. The lowest BCUT2D eigenvalue weighted by Gasteiger charge is -2.22. The predicted molar refractivity (Wildman–Crippen MR) is 103 cm³/mol. The average molecular weight is 379 g/mol. The van der Waals surface area contributed by atoms with Crippen LogP contribution >= 0.6 is 0 Å². The van der Waals surface area contributed by atoms with Gasteiger partial charge in [0.05, 0.1) is 4.90 Å². The zero-order chi connectivity index (χ0) is 18.4. The molecule has 0 aromatic heterocycles. The molecule has 0 radical (unpaired) electrons. The molecule has 2 aliphatic rings. The van der Waals surface area contributed by atoms with Gasteiger partial charge in [-0.1, -0.05) is 44.9 Å². The summed E-state index contributed by atoms with van der Waals surface area (Å²) in [5.74, 6) is -0.113. The van der Waals surface area contributed by atoms with Gasteiger partial charge in [-0.25, -0.2) is 13.1 Å². The van der Waals surface area contributed by atoms with Gasteiger partial charge in [-0.15, -0.1) is 0 Å². The summed E-state index contributed by atoms with van der Waals surface area (Å²) in [6, 6.07) is 6.57. The van der Waals surface area contributed by atoms with Crippen molar-refractivity contribution in [2.75, 3.05) is 0 Å². The van der Waals surface area contributed by atoms with Crippen LogP contribution in [0.5, 0.6) is 0 Å². The minimum atomic E-state index is -3.53. The summed E-state index contributed by atoms with van der Waals surface area (Å²) in [5, 5.41) is 3.06. The monoisotopic (exact) mass is 378 g/mol. The Hall–Kier alpha value is -1.40. The van der Waals surface area contributed by atoms with Crippen LogP contribution in [0.1, 0.15) is 81.0 Å². The van der Waals surface area contributed by atoms with Crippen LogP contribution in [-0.2, 0) is 10.0 Å². The molecule has 0 spiro atoms. The van der Waals surface area contributed by atoms with E-state index in [1.165, 1.54) is 31.4 Å². The second kappa shape index (κ2) is 9.00. The minimum Gasteiger partial charge on any atom is -0.349 e. The fourth-order valence-corrected chi connectivity index (χ4v) is 5.29. The zero-order valence-corrected chi connectivity index (χ0v) is 16.2. The molecule has 0 bridgehead atoms. The second-order valence-electron chi connectivity index (χ2n) is 7.64. The summed E-state index contributed by atoms with van der Waals surface area (Å²) in [7, 11) is -3.53. The molecular weight excluding hydrogens is 348 g/mol. The lowest BCUT2D eigenvalue weighted by atomic mass is 9.95. The smallest absolute Gasteiger partial charge is 0.251 e. The lowest BCUT2D eigenvalue weighted by molar-refractivity contribution is 0.0927. The van der Waals surface area contributed by atoms with Crippen molar-refractivity contribution in [3.8, 4) is 0 Å². The molecule has 2 N–H and O–H groups in total. The van der Waals surface area contributed by atoms with E-state index in [1.54, 1.807) is 12.1 Å². The fraction of sp³-hybridized carbons (Fsp3) is 0.650. The van der Waals surface area contributed by atoms with E-state index in [-0.39, 0.29) is 22.9 Å². The van der Waals surface area contributed by atoms with Crippen molar-refractivity contribution >= 4 is 15.9 Å². The number of sulfonamides is 1. The number of carbonyl (C=O) groups is 1. The van der Waals surface area contributed by atoms with Gasteiger partial charge in [0.1, 0.15) is 0 Å². The van der Waals surface area contributed by atoms with Crippen molar-refractivity contribution in [1.29, 1.82) is 0 Å². The molecule has 1 amide bonds. The van der Waals surface area contributed by atoms with Crippen LogP contribution in [0.4, 0.5) is 0 Å². The normalized spacial score (nSPS) is 20.5. The first kappa shape index (κ1) is 19.4. The van der Waals surface area contributed by atoms with E-state index in [1.807, 2.05) is 0 Å². The highest BCUT2D eigenvalue weighted by Gasteiger charge is 2.22. The SMILES string of the molecule is O=C(NC1CCCCC1)c1ccc(S(=O)(=O)NC2CCCCCC2)cc1. The Morgan fingerprint density at radius 2 is 1.27 bits per heavy atom. The Kier molecular flexibility index (Phi) is 6.70. The molecule has 0 aliphatic heterocycles. The van der Waals surface area contributed by atoms with Gasteiger partial charge in [0.25, 0.3) is 5.91 Å². The van der Waals surface area contributed by atoms with Crippen LogP contribution in [0, 0.1) is 0 Å². The Bertz CT molecular complexity index is 686. The van der Waals surface area contributed by atoms with E-state index in [0.717, 1.165) is 51.4 Å². The van der Waals surface area contributed by atoms with Gasteiger partial charge in [-0.2, -0.15) is 0 Å². The van der Waals surface area contributed by atoms with Gasteiger partial charge in [-0.05, 0) is 49.9 Å². The van der Waals surface area contributed by atoms with E-state index in [0.29, 0.717) is 5.56 Å². The Labute approximate surface area is 157 Å². The van der Waals surface area contributed by atoms with Crippen LogP contribution in [0.3, 0.4) is 0 Å². The topological polar surface area (TPSA) is 75.3 Å². The van der Waals surface area contributed by atoms with Crippen molar-refractivity contribution in [3.05, 3.63) is 29.8 Å². The summed E-state index contributed by atoms with van der Waals surface area (Å²) >= 11 is 0. The molecule has 0 unspecified atom stereocenters. The average Bonchev–Trinajstić information content (AvgIpc) is 2.91. The minimum absolute atomic E-state index is 0.0248. The first-order chi connectivity index (χ1) is 12.5. The van der Waals surface area contributed by atoms with Crippen LogP contribution in [-0.4, -0.2) is 26.4 Å². The summed E-state index contributed by atoms with van der Waals surface area (Å²) < 4.78 is 28.0.